The van der Waals surface area contributed by atoms with E-state index in [1.54, 1.807) is 12.1 Å². The molecule has 1 aromatic heterocycles. The van der Waals surface area contributed by atoms with Crippen LogP contribution in [0.25, 0.3) is 0 Å². The molecule has 0 aliphatic carbocycles. The molecule has 8 heteroatoms. The quantitative estimate of drug-likeness (QED) is 0.552. The molecule has 3 N–H and O–H groups in total. The van der Waals surface area contributed by atoms with Crippen LogP contribution in [-0.2, 0) is 6.54 Å². The summed E-state index contributed by atoms with van der Waals surface area (Å²) >= 11 is 0. The molecule has 1 aliphatic rings. The largest absolute Gasteiger partial charge is 0.501 e. The van der Waals surface area contributed by atoms with Gasteiger partial charge in [-0.3, -0.25) is 14.5 Å². The first kappa shape index (κ1) is 21.7. The maximum atomic E-state index is 13.1. The van der Waals surface area contributed by atoms with Crippen molar-refractivity contribution in [2.45, 2.75) is 38.4 Å². The van der Waals surface area contributed by atoms with Gasteiger partial charge in [-0.1, -0.05) is 42.5 Å². The number of carbonyl (C=O) groups excluding carboxylic acids is 1. The highest BCUT2D eigenvalue weighted by Crippen LogP contribution is 2.33. The van der Waals surface area contributed by atoms with Crippen LogP contribution >= 0.6 is 0 Å². The minimum Gasteiger partial charge on any atom is -0.501 e. The number of rotatable bonds is 6. The van der Waals surface area contributed by atoms with Gasteiger partial charge in [0.15, 0.2) is 5.69 Å². The lowest BCUT2D eigenvalue weighted by molar-refractivity contribution is 0.0941. The number of carbonyl (C=O) groups is 1. The van der Waals surface area contributed by atoms with Gasteiger partial charge in [-0.2, -0.15) is 0 Å². The Kier molecular flexibility index (Phi) is 6.32. The highest BCUT2D eigenvalue weighted by Gasteiger charge is 2.33. The van der Waals surface area contributed by atoms with E-state index < -0.39 is 17.2 Å². The lowest BCUT2D eigenvalue weighted by atomic mass is 10.0. The predicted molar refractivity (Wildman–Crippen MR) is 118 cm³/mol. The van der Waals surface area contributed by atoms with Gasteiger partial charge in [-0.15, -0.1) is 0 Å². The second-order valence-corrected chi connectivity index (χ2v) is 8.00. The summed E-state index contributed by atoms with van der Waals surface area (Å²) in [5.41, 5.74) is 0.512. The van der Waals surface area contributed by atoms with Gasteiger partial charge < -0.3 is 15.4 Å². The van der Waals surface area contributed by atoms with Crippen LogP contribution in [0.1, 0.15) is 53.2 Å². The van der Waals surface area contributed by atoms with Crippen LogP contribution in [0, 0.1) is 5.82 Å². The first-order valence-corrected chi connectivity index (χ1v) is 10.6. The normalized spacial score (nSPS) is 17.2. The number of likely N-dealkylation sites (tertiary alicyclic amines) is 1. The van der Waals surface area contributed by atoms with Gasteiger partial charge >= 0.3 is 0 Å². The number of H-pyrrole nitrogens is 1. The SMILES string of the molecule is CC1CCCN1C(c1ccccc1)c1nc(C(=O)NCc2ccc(F)cc2)c(O)c(=O)[nH]1. The van der Waals surface area contributed by atoms with E-state index >= 15 is 0 Å². The van der Waals surface area contributed by atoms with Crippen molar-refractivity contribution in [2.75, 3.05) is 6.54 Å². The van der Waals surface area contributed by atoms with Gasteiger partial charge in [0, 0.05) is 12.6 Å². The van der Waals surface area contributed by atoms with E-state index in [9.17, 15) is 19.1 Å². The van der Waals surface area contributed by atoms with Gasteiger partial charge in [-0.25, -0.2) is 9.37 Å². The van der Waals surface area contributed by atoms with E-state index in [2.05, 4.69) is 27.1 Å². The highest BCUT2D eigenvalue weighted by molar-refractivity contribution is 5.94. The van der Waals surface area contributed by atoms with Gasteiger partial charge in [0.05, 0.1) is 6.04 Å². The molecule has 1 aliphatic heterocycles. The van der Waals surface area contributed by atoms with E-state index in [4.69, 9.17) is 0 Å². The maximum absolute atomic E-state index is 13.1. The van der Waals surface area contributed by atoms with Crippen molar-refractivity contribution in [1.29, 1.82) is 0 Å². The van der Waals surface area contributed by atoms with Crippen molar-refractivity contribution < 1.29 is 14.3 Å². The zero-order chi connectivity index (χ0) is 22.7. The molecule has 1 amide bonds. The fourth-order valence-corrected chi connectivity index (χ4v) is 4.12. The topological polar surface area (TPSA) is 98.3 Å². The number of aromatic hydroxyl groups is 1. The van der Waals surface area contributed by atoms with Crippen LogP contribution in [0.4, 0.5) is 4.39 Å². The molecule has 1 saturated heterocycles. The third-order valence-corrected chi connectivity index (χ3v) is 5.80. The molecule has 4 rings (SSSR count). The van der Waals surface area contributed by atoms with Crippen molar-refractivity contribution in [3.63, 3.8) is 0 Å². The van der Waals surface area contributed by atoms with Gasteiger partial charge in [0.2, 0.25) is 5.75 Å². The van der Waals surface area contributed by atoms with E-state index in [0.29, 0.717) is 11.4 Å². The zero-order valence-electron chi connectivity index (χ0n) is 17.7. The number of hydrogen-bond acceptors (Lipinski definition) is 5. The number of hydrogen-bond donors (Lipinski definition) is 3. The van der Waals surface area contributed by atoms with E-state index in [0.717, 1.165) is 24.9 Å². The Hall–Kier alpha value is -3.52. The fourth-order valence-electron chi connectivity index (χ4n) is 4.12. The van der Waals surface area contributed by atoms with Crippen LogP contribution in [0.15, 0.2) is 59.4 Å². The second kappa shape index (κ2) is 9.32. The fraction of sp³-hybridized carbons (Fsp3) is 0.292. The zero-order valence-corrected chi connectivity index (χ0v) is 17.7. The molecule has 2 unspecified atom stereocenters. The molecule has 3 aromatic rings. The van der Waals surface area contributed by atoms with Crippen LogP contribution in [0.3, 0.4) is 0 Å². The number of nitrogens with one attached hydrogen (secondary N) is 2. The summed E-state index contributed by atoms with van der Waals surface area (Å²) in [5, 5.41) is 12.9. The summed E-state index contributed by atoms with van der Waals surface area (Å²) in [5.74, 6) is -1.48. The van der Waals surface area contributed by atoms with Gasteiger partial charge in [-0.05, 0) is 49.6 Å². The van der Waals surface area contributed by atoms with E-state index in [1.165, 1.54) is 12.1 Å². The van der Waals surface area contributed by atoms with Crippen molar-refractivity contribution >= 4 is 5.91 Å². The van der Waals surface area contributed by atoms with Gasteiger partial charge in [0.25, 0.3) is 11.5 Å². The third-order valence-electron chi connectivity index (χ3n) is 5.80. The maximum Gasteiger partial charge on any atom is 0.293 e. The number of halogens is 1. The Labute approximate surface area is 184 Å². The molecule has 2 atom stereocenters. The smallest absolute Gasteiger partial charge is 0.293 e. The van der Waals surface area contributed by atoms with Crippen LogP contribution in [-0.4, -0.2) is 38.5 Å². The average Bonchev–Trinajstić information content (AvgIpc) is 3.21. The Balaban J connectivity index is 1.67. The molecule has 0 saturated carbocycles. The minimum absolute atomic E-state index is 0.105. The standard InChI is InChI=1S/C24H25FN4O3/c1-15-6-5-13-29(15)20(17-7-3-2-4-8-17)22-27-19(21(30)24(32)28-22)23(31)26-14-16-9-11-18(25)12-10-16/h2-4,7-12,15,20,30H,5-6,13-14H2,1H3,(H,26,31)(H,27,28,32). The van der Waals surface area contributed by atoms with Crippen molar-refractivity contribution in [3.05, 3.63) is 93.4 Å². The molecule has 0 spiro atoms. The Morgan fingerprint density at radius 3 is 2.62 bits per heavy atom. The Morgan fingerprint density at radius 1 is 1.25 bits per heavy atom. The molecule has 32 heavy (non-hydrogen) atoms. The number of nitrogens with zero attached hydrogens (tertiary/aromatic N) is 2. The molecule has 0 radical (unpaired) electrons. The number of aromatic amines is 1. The third kappa shape index (κ3) is 4.55. The number of aromatic nitrogens is 2. The Morgan fingerprint density at radius 2 is 1.97 bits per heavy atom. The molecule has 2 aromatic carbocycles. The molecular formula is C24H25FN4O3. The van der Waals surface area contributed by atoms with Crippen LogP contribution in [0.2, 0.25) is 0 Å². The minimum atomic E-state index is -0.769. The monoisotopic (exact) mass is 436 g/mol. The summed E-state index contributed by atoms with van der Waals surface area (Å²) in [6.45, 7) is 3.06. The van der Waals surface area contributed by atoms with E-state index in [1.807, 2.05) is 30.3 Å². The van der Waals surface area contributed by atoms with Crippen molar-refractivity contribution in [3.8, 4) is 5.75 Å². The first-order chi connectivity index (χ1) is 15.4. The highest BCUT2D eigenvalue weighted by atomic mass is 19.1. The summed E-state index contributed by atoms with van der Waals surface area (Å²) in [6, 6.07) is 15.3. The first-order valence-electron chi connectivity index (χ1n) is 10.6. The summed E-state index contributed by atoms with van der Waals surface area (Å²) < 4.78 is 13.1. The second-order valence-electron chi connectivity index (χ2n) is 8.00. The lowest BCUT2D eigenvalue weighted by Gasteiger charge is -2.31. The summed E-state index contributed by atoms with van der Waals surface area (Å²) in [4.78, 5) is 34.6. The van der Waals surface area contributed by atoms with Gasteiger partial charge in [0.1, 0.15) is 11.6 Å². The van der Waals surface area contributed by atoms with Crippen molar-refractivity contribution in [1.82, 2.24) is 20.2 Å². The molecule has 1 fully saturated rings. The van der Waals surface area contributed by atoms with E-state index in [-0.39, 0.29) is 30.1 Å². The van der Waals surface area contributed by atoms with Crippen LogP contribution < -0.4 is 10.9 Å². The molecule has 2 heterocycles. The Bertz CT molecular complexity index is 1150. The number of amides is 1. The molecule has 0 bridgehead atoms. The predicted octanol–water partition coefficient (Wildman–Crippen LogP) is 3.12. The van der Waals surface area contributed by atoms with Crippen LogP contribution in [0.5, 0.6) is 5.75 Å². The molecule has 7 nitrogen and oxygen atoms in total. The van der Waals surface area contributed by atoms with Crippen molar-refractivity contribution in [2.24, 2.45) is 0 Å². The number of benzene rings is 2. The molecular weight excluding hydrogens is 411 g/mol. The summed E-state index contributed by atoms with van der Waals surface area (Å²) in [7, 11) is 0. The lowest BCUT2D eigenvalue weighted by Crippen LogP contribution is -2.35. The average molecular weight is 436 g/mol. The summed E-state index contributed by atoms with van der Waals surface area (Å²) in [6.07, 6.45) is 2.05. The molecule has 166 valence electrons.